The van der Waals surface area contributed by atoms with Gasteiger partial charge in [-0.05, 0) is 18.2 Å². The Morgan fingerprint density at radius 2 is 2.20 bits per heavy atom. The average Bonchev–Trinajstić information content (AvgIpc) is 2.39. The van der Waals surface area contributed by atoms with Gasteiger partial charge in [0.25, 0.3) is 0 Å². The van der Waals surface area contributed by atoms with Crippen molar-refractivity contribution < 1.29 is 14.5 Å². The molecule has 2 N–H and O–H groups in total. The van der Waals surface area contributed by atoms with E-state index in [4.69, 9.17) is 14.5 Å². The van der Waals surface area contributed by atoms with Crippen molar-refractivity contribution in [3.63, 3.8) is 0 Å². The van der Waals surface area contributed by atoms with Gasteiger partial charge in [-0.2, -0.15) is 0 Å². The van der Waals surface area contributed by atoms with Gasteiger partial charge >= 0.3 is 7.69 Å². The molecule has 3 nitrogen and oxygen atoms in total. The van der Waals surface area contributed by atoms with Crippen LogP contribution >= 0.6 is 0 Å². The Kier molecular flexibility index (Phi) is 5.52. The molecule has 10 heavy (non-hydrogen) atoms. The summed E-state index contributed by atoms with van der Waals surface area (Å²) in [4.78, 5) is 0. The Morgan fingerprint density at radius 1 is 1.60 bits per heavy atom. The molecule has 0 bridgehead atoms. The minimum absolute atomic E-state index is 0. The SMILES string of the molecule is C=Cc1ccco1.O[B]O. The molecule has 1 aromatic rings. The molecule has 0 saturated heterocycles. The van der Waals surface area contributed by atoms with E-state index in [0.29, 0.717) is 0 Å². The van der Waals surface area contributed by atoms with Crippen LogP contribution in [-0.4, -0.2) is 17.7 Å². The predicted molar refractivity (Wildman–Crippen MR) is 39.0 cm³/mol. The van der Waals surface area contributed by atoms with Crippen molar-refractivity contribution >= 4 is 13.8 Å². The largest absolute Gasteiger partial charge is 0.482 e. The molecule has 4 heteroatoms. The highest BCUT2D eigenvalue weighted by Crippen LogP contribution is 1.98. The molecule has 0 atom stereocenters. The normalized spacial score (nSPS) is 7.40. The predicted octanol–water partition coefficient (Wildman–Crippen LogP) is 0.428. The number of furan rings is 1. The lowest BCUT2D eigenvalue weighted by Gasteiger charge is -1.73. The van der Waals surface area contributed by atoms with Crippen molar-refractivity contribution in [3.05, 3.63) is 30.7 Å². The van der Waals surface area contributed by atoms with Crippen LogP contribution in [0.5, 0.6) is 0 Å². The molecule has 0 aromatic carbocycles. The maximum Gasteiger partial charge on any atom is 0.482 e. The molecular formula is C6H8BO3. The molecule has 0 aliphatic rings. The van der Waals surface area contributed by atoms with Gasteiger partial charge in [-0.1, -0.05) is 6.58 Å². The number of hydrogen-bond donors (Lipinski definition) is 2. The molecule has 0 amide bonds. The fourth-order valence-electron chi connectivity index (χ4n) is 0.407. The van der Waals surface area contributed by atoms with Crippen LogP contribution in [0.15, 0.2) is 29.4 Å². The molecule has 0 spiro atoms. The fourth-order valence-corrected chi connectivity index (χ4v) is 0.407. The maximum absolute atomic E-state index is 7.00. The van der Waals surface area contributed by atoms with Crippen LogP contribution in [-0.2, 0) is 0 Å². The van der Waals surface area contributed by atoms with Gasteiger partial charge in [0.1, 0.15) is 5.76 Å². The van der Waals surface area contributed by atoms with Crippen molar-refractivity contribution in [1.82, 2.24) is 0 Å². The molecule has 1 radical (unpaired) electrons. The zero-order valence-electron chi connectivity index (χ0n) is 5.40. The zero-order valence-corrected chi connectivity index (χ0v) is 5.40. The third-order valence-corrected chi connectivity index (χ3v) is 0.744. The molecule has 0 saturated carbocycles. The second-order valence-electron chi connectivity index (χ2n) is 1.34. The van der Waals surface area contributed by atoms with Crippen LogP contribution in [0.2, 0.25) is 0 Å². The van der Waals surface area contributed by atoms with Crippen molar-refractivity contribution in [2.75, 3.05) is 0 Å². The minimum Gasteiger partial charge on any atom is -0.465 e. The standard InChI is InChI=1S/C6H6O.BH2O2/c1-2-6-4-3-5-7-6;2-1-3/h2-5H,1H2;2-3H. The van der Waals surface area contributed by atoms with Crippen LogP contribution in [0.4, 0.5) is 0 Å². The van der Waals surface area contributed by atoms with Gasteiger partial charge in [0, 0.05) is 0 Å². The monoisotopic (exact) mass is 139 g/mol. The second kappa shape index (κ2) is 6.13. The third kappa shape index (κ3) is 3.94. The van der Waals surface area contributed by atoms with Gasteiger partial charge in [0.2, 0.25) is 0 Å². The molecule has 0 fully saturated rings. The molecule has 1 heterocycles. The Morgan fingerprint density at radius 3 is 2.40 bits per heavy atom. The Bertz CT molecular complexity index is 160. The molecular weight excluding hydrogens is 131 g/mol. The first kappa shape index (κ1) is 9.00. The highest BCUT2D eigenvalue weighted by molar-refractivity contribution is 6.13. The summed E-state index contributed by atoms with van der Waals surface area (Å²) in [7, 11) is 0. The van der Waals surface area contributed by atoms with Crippen molar-refractivity contribution in [3.8, 4) is 0 Å². The summed E-state index contributed by atoms with van der Waals surface area (Å²) in [6, 6.07) is 3.68. The smallest absolute Gasteiger partial charge is 0.465 e. The third-order valence-electron chi connectivity index (χ3n) is 0.744. The lowest BCUT2D eigenvalue weighted by Crippen LogP contribution is -1.75. The summed E-state index contributed by atoms with van der Waals surface area (Å²) in [5.41, 5.74) is 0. The van der Waals surface area contributed by atoms with E-state index in [2.05, 4.69) is 6.58 Å². The molecule has 0 aliphatic carbocycles. The van der Waals surface area contributed by atoms with Gasteiger partial charge in [0.05, 0.1) is 6.26 Å². The Hall–Kier alpha value is -0.995. The highest BCUT2D eigenvalue weighted by Gasteiger charge is 1.80. The quantitative estimate of drug-likeness (QED) is 0.554. The van der Waals surface area contributed by atoms with E-state index < -0.39 is 0 Å². The first-order valence-electron chi connectivity index (χ1n) is 2.61. The van der Waals surface area contributed by atoms with E-state index in [1.165, 1.54) is 0 Å². The Balaban J connectivity index is 0.000000236. The summed E-state index contributed by atoms with van der Waals surface area (Å²) < 4.78 is 4.86. The van der Waals surface area contributed by atoms with Gasteiger partial charge in [-0.25, -0.2) is 0 Å². The summed E-state index contributed by atoms with van der Waals surface area (Å²) in [5.74, 6) is 0.819. The summed E-state index contributed by atoms with van der Waals surface area (Å²) in [5, 5.41) is 14.0. The van der Waals surface area contributed by atoms with E-state index in [1.807, 2.05) is 12.1 Å². The van der Waals surface area contributed by atoms with Crippen LogP contribution in [0.25, 0.3) is 6.08 Å². The number of rotatable bonds is 1. The number of hydrogen-bond acceptors (Lipinski definition) is 3. The molecule has 0 unspecified atom stereocenters. The van der Waals surface area contributed by atoms with Gasteiger partial charge in [-0.15, -0.1) is 0 Å². The van der Waals surface area contributed by atoms with Crippen LogP contribution in [0.3, 0.4) is 0 Å². The van der Waals surface area contributed by atoms with Gasteiger partial charge in [-0.3, -0.25) is 0 Å². The van der Waals surface area contributed by atoms with E-state index in [1.54, 1.807) is 12.3 Å². The minimum atomic E-state index is 0. The average molecular weight is 139 g/mol. The lowest BCUT2D eigenvalue weighted by molar-refractivity contribution is 0.448. The Labute approximate surface area is 59.9 Å². The van der Waals surface area contributed by atoms with Crippen molar-refractivity contribution in [2.24, 2.45) is 0 Å². The first-order chi connectivity index (χ1) is 4.85. The second-order valence-corrected chi connectivity index (χ2v) is 1.34. The van der Waals surface area contributed by atoms with Gasteiger partial charge < -0.3 is 14.5 Å². The first-order valence-corrected chi connectivity index (χ1v) is 2.61. The summed E-state index contributed by atoms with van der Waals surface area (Å²) in [6.45, 7) is 3.51. The van der Waals surface area contributed by atoms with Crippen LogP contribution < -0.4 is 0 Å². The van der Waals surface area contributed by atoms with E-state index >= 15 is 0 Å². The van der Waals surface area contributed by atoms with E-state index in [0.717, 1.165) is 5.76 Å². The summed E-state index contributed by atoms with van der Waals surface area (Å²) >= 11 is 0. The van der Waals surface area contributed by atoms with Gasteiger partial charge in [0.15, 0.2) is 0 Å². The van der Waals surface area contributed by atoms with Crippen molar-refractivity contribution in [2.45, 2.75) is 0 Å². The molecule has 1 rings (SSSR count). The van der Waals surface area contributed by atoms with Crippen LogP contribution in [0, 0.1) is 0 Å². The van der Waals surface area contributed by atoms with Crippen molar-refractivity contribution in [1.29, 1.82) is 0 Å². The fraction of sp³-hybridized carbons (Fsp3) is 0. The maximum atomic E-state index is 7.00. The highest BCUT2D eigenvalue weighted by atomic mass is 16.4. The van der Waals surface area contributed by atoms with Crippen LogP contribution in [0.1, 0.15) is 5.76 Å². The lowest BCUT2D eigenvalue weighted by atomic mass is 10.5. The zero-order chi connectivity index (χ0) is 7.82. The molecule has 0 aliphatic heterocycles. The van der Waals surface area contributed by atoms with E-state index in [-0.39, 0.29) is 7.69 Å². The molecule has 53 valence electrons. The topological polar surface area (TPSA) is 53.6 Å². The molecule has 1 aromatic heterocycles. The van der Waals surface area contributed by atoms with E-state index in [9.17, 15) is 0 Å². The summed E-state index contributed by atoms with van der Waals surface area (Å²) in [6.07, 6.45) is 3.29.